The van der Waals surface area contributed by atoms with Gasteiger partial charge < -0.3 is 14.5 Å². The van der Waals surface area contributed by atoms with Gasteiger partial charge in [-0.3, -0.25) is 9.48 Å². The summed E-state index contributed by atoms with van der Waals surface area (Å²) in [6.45, 7) is 3.82. The molecule has 1 fully saturated rings. The van der Waals surface area contributed by atoms with Gasteiger partial charge in [0.2, 0.25) is 6.41 Å². The summed E-state index contributed by atoms with van der Waals surface area (Å²) in [6, 6.07) is 4.61. The number of carbonyl (C=O) groups is 1. The highest BCUT2D eigenvalue weighted by Crippen LogP contribution is 2.40. The first-order valence-corrected chi connectivity index (χ1v) is 11.4. The largest absolute Gasteiger partial charge is 0.381 e. The van der Waals surface area contributed by atoms with Gasteiger partial charge >= 0.3 is 0 Å². The van der Waals surface area contributed by atoms with E-state index in [-0.39, 0.29) is 0 Å². The molecule has 0 atom stereocenters. The molecule has 0 aliphatic carbocycles. The van der Waals surface area contributed by atoms with Gasteiger partial charge in [-0.05, 0) is 59.3 Å². The molecule has 7 heteroatoms. The Labute approximate surface area is 185 Å². The highest BCUT2D eigenvalue weighted by molar-refractivity contribution is 9.10. The molecule has 156 valence electrons. The number of carbonyl (C=O) groups excluding carboxylic acids is 1. The fourth-order valence-corrected chi connectivity index (χ4v) is 5.43. The zero-order chi connectivity index (χ0) is 20.7. The lowest BCUT2D eigenvalue weighted by Gasteiger charge is -2.32. The van der Waals surface area contributed by atoms with Gasteiger partial charge in [0.15, 0.2) is 5.82 Å². The van der Waals surface area contributed by atoms with E-state index in [2.05, 4.69) is 43.6 Å². The average molecular weight is 469 g/mol. The Hall–Kier alpha value is -2.30. The number of fused-ring (bicyclic) bond motifs is 2. The van der Waals surface area contributed by atoms with E-state index in [9.17, 15) is 4.79 Å². The lowest BCUT2D eigenvalue weighted by molar-refractivity contribution is -0.118. The minimum Gasteiger partial charge on any atom is -0.381 e. The number of aryl methyl sites for hydroxylation is 1. The number of amides is 1. The number of nitrogens with zero attached hydrogens (tertiary/aromatic N) is 4. The fraction of sp³-hybridized carbons (Fsp3) is 0.478. The molecular weight excluding hydrogens is 444 g/mol. The molecule has 1 aromatic carbocycles. The molecular formula is C23H25BrN4O2. The van der Waals surface area contributed by atoms with E-state index >= 15 is 0 Å². The smallest absolute Gasteiger partial charge is 0.210 e. The van der Waals surface area contributed by atoms with Crippen molar-refractivity contribution in [2.24, 2.45) is 0 Å². The Balaban J connectivity index is 1.62. The number of hydrogen-bond donors (Lipinski definition) is 0. The number of hydrogen-bond acceptors (Lipinski definition) is 4. The predicted molar refractivity (Wildman–Crippen MR) is 119 cm³/mol. The van der Waals surface area contributed by atoms with Crippen molar-refractivity contribution in [2.45, 2.75) is 44.7 Å². The molecule has 1 saturated heterocycles. The van der Waals surface area contributed by atoms with Crippen molar-refractivity contribution in [3.8, 4) is 12.3 Å². The van der Waals surface area contributed by atoms with Crippen molar-refractivity contribution in [3.05, 3.63) is 39.0 Å². The van der Waals surface area contributed by atoms with Crippen LogP contribution in [0.3, 0.4) is 0 Å². The Bertz CT molecular complexity index is 1020. The van der Waals surface area contributed by atoms with Crippen LogP contribution in [0.5, 0.6) is 0 Å². The van der Waals surface area contributed by atoms with Crippen LogP contribution in [0, 0.1) is 12.3 Å². The third-order valence-corrected chi connectivity index (χ3v) is 7.13. The lowest BCUT2D eigenvalue weighted by atomic mass is 9.98. The van der Waals surface area contributed by atoms with Crippen LogP contribution in [0.1, 0.15) is 47.7 Å². The van der Waals surface area contributed by atoms with Crippen molar-refractivity contribution in [3.63, 3.8) is 0 Å². The second kappa shape index (κ2) is 8.09. The maximum absolute atomic E-state index is 11.5. The second-order valence-electron chi connectivity index (χ2n) is 8.22. The summed E-state index contributed by atoms with van der Waals surface area (Å²) in [6.07, 6.45) is 11.6. The molecule has 3 aliphatic rings. The molecule has 0 N–H and O–H groups in total. The standard InChI is InChI=1S/C23H25BrN4O2/c1-2-16-13-22-17(12-20(16)24)4-3-8-27(22)23-19-14-26(15-29)9-5-21(19)28(25-23)18-6-10-30-11-7-18/h1,12-13,15,18H,3-11,14H2. The minimum absolute atomic E-state index is 0.361. The number of rotatable bonds is 3. The third kappa shape index (κ3) is 3.32. The van der Waals surface area contributed by atoms with Crippen LogP contribution in [0.25, 0.3) is 0 Å². The molecule has 0 radical (unpaired) electrons. The van der Waals surface area contributed by atoms with E-state index in [0.717, 1.165) is 86.4 Å². The van der Waals surface area contributed by atoms with Crippen molar-refractivity contribution in [1.29, 1.82) is 0 Å². The summed E-state index contributed by atoms with van der Waals surface area (Å²) in [5.74, 6) is 3.77. The van der Waals surface area contributed by atoms with Gasteiger partial charge in [0, 0.05) is 59.7 Å². The Morgan fingerprint density at radius 2 is 2.07 bits per heavy atom. The Morgan fingerprint density at radius 1 is 1.23 bits per heavy atom. The molecule has 1 amide bonds. The van der Waals surface area contributed by atoms with Crippen LogP contribution in [0.2, 0.25) is 0 Å². The third-order valence-electron chi connectivity index (χ3n) is 6.48. The number of ether oxygens (including phenoxy) is 1. The summed E-state index contributed by atoms with van der Waals surface area (Å²) in [4.78, 5) is 15.7. The molecule has 5 rings (SSSR count). The number of terminal acetylenes is 1. The molecule has 6 nitrogen and oxygen atoms in total. The van der Waals surface area contributed by atoms with E-state index in [0.29, 0.717) is 12.6 Å². The predicted octanol–water partition coefficient (Wildman–Crippen LogP) is 3.58. The van der Waals surface area contributed by atoms with E-state index in [4.69, 9.17) is 16.3 Å². The topological polar surface area (TPSA) is 50.6 Å². The van der Waals surface area contributed by atoms with E-state index < -0.39 is 0 Å². The number of halogens is 1. The lowest BCUT2D eigenvalue weighted by Crippen LogP contribution is -2.32. The first-order valence-electron chi connectivity index (χ1n) is 10.6. The molecule has 0 unspecified atom stereocenters. The van der Waals surface area contributed by atoms with Crippen LogP contribution in [0.4, 0.5) is 11.5 Å². The fourth-order valence-electron chi connectivity index (χ4n) is 4.92. The molecule has 1 aromatic heterocycles. The Kier molecular flexibility index (Phi) is 5.30. The monoisotopic (exact) mass is 468 g/mol. The van der Waals surface area contributed by atoms with Crippen LogP contribution in [-0.4, -0.2) is 47.4 Å². The molecule has 2 aromatic rings. The maximum Gasteiger partial charge on any atom is 0.210 e. The molecule has 4 heterocycles. The maximum atomic E-state index is 11.5. The van der Waals surface area contributed by atoms with Gasteiger partial charge in [0.05, 0.1) is 12.6 Å². The molecule has 0 spiro atoms. The summed E-state index contributed by atoms with van der Waals surface area (Å²) in [5, 5.41) is 5.17. The van der Waals surface area contributed by atoms with Crippen molar-refractivity contribution in [1.82, 2.24) is 14.7 Å². The van der Waals surface area contributed by atoms with Crippen LogP contribution >= 0.6 is 15.9 Å². The van der Waals surface area contributed by atoms with Gasteiger partial charge in [-0.15, -0.1) is 6.42 Å². The summed E-state index contributed by atoms with van der Waals surface area (Å²) in [7, 11) is 0. The second-order valence-corrected chi connectivity index (χ2v) is 9.08. The van der Waals surface area contributed by atoms with Gasteiger partial charge in [-0.2, -0.15) is 5.10 Å². The zero-order valence-corrected chi connectivity index (χ0v) is 18.5. The zero-order valence-electron chi connectivity index (χ0n) is 16.9. The summed E-state index contributed by atoms with van der Waals surface area (Å²) >= 11 is 3.61. The SMILES string of the molecule is C#Cc1cc2c(cc1Br)CCCN2c1nn(C2CCOCC2)c2c1CN(C=O)CC2. The molecule has 0 saturated carbocycles. The van der Waals surface area contributed by atoms with Crippen LogP contribution in [0.15, 0.2) is 16.6 Å². The highest BCUT2D eigenvalue weighted by Gasteiger charge is 2.32. The van der Waals surface area contributed by atoms with Gasteiger partial charge in [0.25, 0.3) is 0 Å². The van der Waals surface area contributed by atoms with E-state index in [1.807, 2.05) is 4.90 Å². The summed E-state index contributed by atoms with van der Waals surface area (Å²) < 4.78 is 8.78. The van der Waals surface area contributed by atoms with E-state index in [1.54, 1.807) is 0 Å². The molecule has 0 bridgehead atoms. The first-order chi connectivity index (χ1) is 14.7. The minimum atomic E-state index is 0.361. The Morgan fingerprint density at radius 3 is 2.83 bits per heavy atom. The van der Waals surface area contributed by atoms with Crippen LogP contribution in [-0.2, 0) is 28.9 Å². The number of benzene rings is 1. The van der Waals surface area contributed by atoms with Crippen molar-refractivity contribution >= 4 is 33.8 Å². The number of aromatic nitrogens is 2. The first kappa shape index (κ1) is 19.7. The van der Waals surface area contributed by atoms with Crippen molar-refractivity contribution in [2.75, 3.05) is 31.2 Å². The van der Waals surface area contributed by atoms with E-state index in [1.165, 1.54) is 16.8 Å². The van der Waals surface area contributed by atoms with Crippen molar-refractivity contribution < 1.29 is 9.53 Å². The van der Waals surface area contributed by atoms with Gasteiger partial charge in [-0.25, -0.2) is 0 Å². The number of anilines is 2. The molecule has 3 aliphatic heterocycles. The average Bonchev–Trinajstić information content (AvgIpc) is 3.17. The summed E-state index contributed by atoms with van der Waals surface area (Å²) in [5.41, 5.74) is 5.73. The quantitative estimate of drug-likeness (QED) is 0.510. The highest BCUT2D eigenvalue weighted by atomic mass is 79.9. The van der Waals surface area contributed by atoms with Crippen LogP contribution < -0.4 is 4.90 Å². The van der Waals surface area contributed by atoms with Gasteiger partial charge in [0.1, 0.15) is 0 Å². The molecule has 30 heavy (non-hydrogen) atoms. The normalized spacial score (nSPS) is 19.2. The van der Waals surface area contributed by atoms with Gasteiger partial charge in [-0.1, -0.05) is 5.92 Å².